The van der Waals surface area contributed by atoms with E-state index in [0.29, 0.717) is 22.2 Å². The van der Waals surface area contributed by atoms with Crippen LogP contribution in [0.3, 0.4) is 0 Å². The molecule has 0 spiro atoms. The maximum Gasteiger partial charge on any atom is 0.293 e. The lowest BCUT2D eigenvalue weighted by Gasteiger charge is -2.15. The molecule has 2 aromatic carbocycles. The van der Waals surface area contributed by atoms with Gasteiger partial charge in [-0.25, -0.2) is 0 Å². The third kappa shape index (κ3) is 3.20. The summed E-state index contributed by atoms with van der Waals surface area (Å²) >= 11 is 6.09. The van der Waals surface area contributed by atoms with Crippen molar-refractivity contribution in [2.75, 3.05) is 11.4 Å². The molecule has 1 aliphatic rings. The summed E-state index contributed by atoms with van der Waals surface area (Å²) in [6, 6.07) is 18.2. The fraction of sp³-hybridized carbons (Fsp3) is 0.150. The van der Waals surface area contributed by atoms with Gasteiger partial charge in [-0.1, -0.05) is 41.9 Å². The van der Waals surface area contributed by atoms with Crippen LogP contribution in [-0.2, 0) is 23.0 Å². The first kappa shape index (κ1) is 17.1. The second kappa shape index (κ2) is 7.09. The Bertz CT molecular complexity index is 998. The molecule has 2 heterocycles. The Morgan fingerprint density at radius 2 is 1.85 bits per heavy atom. The maximum absolute atomic E-state index is 12.8. The summed E-state index contributed by atoms with van der Waals surface area (Å²) in [6.07, 6.45) is 0.839. The average molecular weight is 386 g/mol. The first-order chi connectivity index (χ1) is 12.6. The minimum Gasteiger partial charge on any atom is -0.455 e. The van der Waals surface area contributed by atoms with Crippen LogP contribution in [0.5, 0.6) is 0 Å². The number of furan rings is 1. The summed E-state index contributed by atoms with van der Waals surface area (Å²) in [6.45, 7) is 0.639. The topological polar surface area (TPSA) is 50.5 Å². The van der Waals surface area contributed by atoms with Gasteiger partial charge in [-0.05, 0) is 42.3 Å². The molecule has 1 amide bonds. The van der Waals surface area contributed by atoms with E-state index in [0.717, 1.165) is 17.7 Å². The minimum atomic E-state index is -1.33. The molecule has 1 atom stereocenters. The Morgan fingerprint density at radius 1 is 1.08 bits per heavy atom. The first-order valence-corrected chi connectivity index (χ1v) is 9.94. The Labute approximate surface area is 158 Å². The number of amides is 1. The van der Waals surface area contributed by atoms with Crippen molar-refractivity contribution in [2.45, 2.75) is 17.1 Å². The molecule has 0 radical (unpaired) electrons. The molecule has 1 aromatic heterocycles. The monoisotopic (exact) mass is 385 g/mol. The number of carbonyl (C=O) groups is 1. The normalized spacial score (nSPS) is 14.3. The van der Waals surface area contributed by atoms with Gasteiger partial charge in [-0.3, -0.25) is 9.00 Å². The quantitative estimate of drug-likeness (QED) is 0.667. The largest absolute Gasteiger partial charge is 0.455 e. The standard InChI is InChI=1S/C20H16ClNO3S/c21-16-6-2-4-8-19(16)26(24)13-15-9-10-18(25-15)20(23)22-12-11-14-5-1-3-7-17(14)22/h1-10H,11-13H2. The fourth-order valence-electron chi connectivity index (χ4n) is 3.09. The minimum absolute atomic E-state index is 0.174. The van der Waals surface area contributed by atoms with E-state index in [4.69, 9.17) is 16.0 Å². The van der Waals surface area contributed by atoms with Crippen LogP contribution in [0, 0.1) is 0 Å². The third-order valence-electron chi connectivity index (χ3n) is 4.36. The number of fused-ring (bicyclic) bond motifs is 1. The van der Waals surface area contributed by atoms with Crippen LogP contribution >= 0.6 is 11.6 Å². The van der Waals surface area contributed by atoms with Crippen molar-refractivity contribution in [2.24, 2.45) is 0 Å². The number of anilines is 1. The smallest absolute Gasteiger partial charge is 0.293 e. The molecule has 0 saturated carbocycles. The number of halogens is 1. The van der Waals surface area contributed by atoms with Crippen molar-refractivity contribution >= 4 is 34.0 Å². The van der Waals surface area contributed by atoms with Crippen molar-refractivity contribution in [3.63, 3.8) is 0 Å². The molecule has 0 bridgehead atoms. The summed E-state index contributed by atoms with van der Waals surface area (Å²) in [5.74, 6) is 0.754. The van der Waals surface area contributed by atoms with Gasteiger partial charge in [0.05, 0.1) is 26.5 Å². The zero-order valence-electron chi connectivity index (χ0n) is 13.9. The van der Waals surface area contributed by atoms with Gasteiger partial charge in [-0.2, -0.15) is 0 Å². The van der Waals surface area contributed by atoms with E-state index < -0.39 is 10.8 Å². The highest BCUT2D eigenvalue weighted by atomic mass is 35.5. The first-order valence-electron chi connectivity index (χ1n) is 8.25. The lowest BCUT2D eigenvalue weighted by atomic mass is 10.2. The van der Waals surface area contributed by atoms with Gasteiger partial charge in [0.25, 0.3) is 5.91 Å². The second-order valence-electron chi connectivity index (χ2n) is 6.02. The highest BCUT2D eigenvalue weighted by Crippen LogP contribution is 2.29. The highest BCUT2D eigenvalue weighted by Gasteiger charge is 2.27. The van der Waals surface area contributed by atoms with Crippen LogP contribution in [-0.4, -0.2) is 16.7 Å². The third-order valence-corrected chi connectivity index (χ3v) is 6.19. The second-order valence-corrected chi connectivity index (χ2v) is 7.85. The number of nitrogens with zero attached hydrogens (tertiary/aromatic N) is 1. The highest BCUT2D eigenvalue weighted by molar-refractivity contribution is 7.84. The summed E-state index contributed by atoms with van der Waals surface area (Å²) in [7, 11) is -1.33. The molecule has 3 aromatic rings. The molecule has 4 rings (SSSR count). The van der Waals surface area contributed by atoms with Crippen LogP contribution in [0.2, 0.25) is 5.02 Å². The Kier molecular flexibility index (Phi) is 4.66. The van der Waals surface area contributed by atoms with E-state index >= 15 is 0 Å². The van der Waals surface area contributed by atoms with E-state index in [2.05, 4.69) is 0 Å². The van der Waals surface area contributed by atoms with Crippen molar-refractivity contribution in [1.29, 1.82) is 0 Å². The van der Waals surface area contributed by atoms with Crippen LogP contribution in [0.15, 0.2) is 70.0 Å². The molecular weight excluding hydrogens is 370 g/mol. The summed E-state index contributed by atoms with van der Waals surface area (Å²) in [4.78, 5) is 15.1. The van der Waals surface area contributed by atoms with Crippen molar-refractivity contribution < 1.29 is 13.4 Å². The van der Waals surface area contributed by atoms with Gasteiger partial charge >= 0.3 is 0 Å². The van der Waals surface area contributed by atoms with E-state index in [-0.39, 0.29) is 17.4 Å². The van der Waals surface area contributed by atoms with E-state index in [1.807, 2.05) is 24.3 Å². The van der Waals surface area contributed by atoms with Gasteiger partial charge in [0.15, 0.2) is 5.76 Å². The average Bonchev–Trinajstić information content (AvgIpc) is 3.28. The van der Waals surface area contributed by atoms with Gasteiger partial charge < -0.3 is 9.32 Å². The van der Waals surface area contributed by atoms with Crippen LogP contribution in [0.1, 0.15) is 21.9 Å². The molecule has 1 aliphatic heterocycles. The predicted molar refractivity (Wildman–Crippen MR) is 102 cm³/mol. The predicted octanol–water partition coefficient (Wildman–Crippen LogP) is 4.44. The molecule has 1 unspecified atom stereocenters. The lowest BCUT2D eigenvalue weighted by Crippen LogP contribution is -2.28. The summed E-state index contributed by atoms with van der Waals surface area (Å²) < 4.78 is 18.2. The molecule has 6 heteroatoms. The zero-order chi connectivity index (χ0) is 18.1. The van der Waals surface area contributed by atoms with Crippen molar-refractivity contribution in [3.05, 3.63) is 82.8 Å². The number of para-hydroxylation sites is 1. The molecule has 26 heavy (non-hydrogen) atoms. The number of hydrogen-bond acceptors (Lipinski definition) is 3. The van der Waals surface area contributed by atoms with Gasteiger partial charge in [0, 0.05) is 12.2 Å². The molecule has 4 nitrogen and oxygen atoms in total. The maximum atomic E-state index is 12.8. The molecule has 0 aliphatic carbocycles. The van der Waals surface area contributed by atoms with Crippen molar-refractivity contribution in [3.8, 4) is 0 Å². The Balaban J connectivity index is 1.51. The molecule has 0 fully saturated rings. The van der Waals surface area contributed by atoms with Crippen LogP contribution in [0.4, 0.5) is 5.69 Å². The van der Waals surface area contributed by atoms with E-state index in [1.54, 1.807) is 41.3 Å². The lowest BCUT2D eigenvalue weighted by molar-refractivity contribution is 0.0961. The fourth-order valence-corrected chi connectivity index (χ4v) is 4.57. The summed E-state index contributed by atoms with van der Waals surface area (Å²) in [5, 5.41) is 0.461. The zero-order valence-corrected chi connectivity index (χ0v) is 15.4. The van der Waals surface area contributed by atoms with E-state index in [9.17, 15) is 9.00 Å². The molecule has 132 valence electrons. The Hall–Kier alpha value is -2.37. The number of benzene rings is 2. The van der Waals surface area contributed by atoms with Crippen LogP contribution in [0.25, 0.3) is 0 Å². The molecular formula is C20H16ClNO3S. The molecule has 0 saturated heterocycles. The molecule has 0 N–H and O–H groups in total. The summed E-state index contributed by atoms with van der Waals surface area (Å²) in [5.41, 5.74) is 2.09. The number of rotatable bonds is 4. The van der Waals surface area contributed by atoms with Gasteiger partial charge in [0.2, 0.25) is 0 Å². The number of carbonyl (C=O) groups excluding carboxylic acids is 1. The van der Waals surface area contributed by atoms with Gasteiger partial charge in [0.1, 0.15) is 5.76 Å². The van der Waals surface area contributed by atoms with Crippen LogP contribution < -0.4 is 4.90 Å². The number of hydrogen-bond donors (Lipinski definition) is 0. The SMILES string of the molecule is O=C(c1ccc(CS(=O)c2ccccc2Cl)o1)N1CCc2ccccc21. The van der Waals surface area contributed by atoms with Gasteiger partial charge in [-0.15, -0.1) is 0 Å². The van der Waals surface area contributed by atoms with Crippen molar-refractivity contribution in [1.82, 2.24) is 0 Å². The Morgan fingerprint density at radius 3 is 2.69 bits per heavy atom. The van der Waals surface area contributed by atoms with E-state index in [1.165, 1.54) is 0 Å².